The van der Waals surface area contributed by atoms with E-state index >= 15 is 0 Å². The first-order valence-corrected chi connectivity index (χ1v) is 5.64. The second-order valence-electron chi connectivity index (χ2n) is 4.11. The summed E-state index contributed by atoms with van der Waals surface area (Å²) in [5.74, 6) is 0.847. The molecular weight excluding hydrogens is 233 g/mol. The molecule has 1 heterocycles. The van der Waals surface area contributed by atoms with Gasteiger partial charge in [0, 0.05) is 0 Å². The maximum atomic E-state index is 12.9. The highest BCUT2D eigenvalue weighted by molar-refractivity contribution is 5.36. The van der Waals surface area contributed by atoms with Gasteiger partial charge in [0.2, 0.25) is 0 Å². The lowest BCUT2D eigenvalue weighted by atomic mass is 10.2. The van der Waals surface area contributed by atoms with Crippen molar-refractivity contribution in [1.82, 2.24) is 4.98 Å². The number of benzene rings is 1. The van der Waals surface area contributed by atoms with Crippen molar-refractivity contribution in [3.8, 4) is 11.5 Å². The number of aliphatic hydroxyl groups is 1. The van der Waals surface area contributed by atoms with E-state index in [0.29, 0.717) is 17.2 Å². The molecule has 3 nitrogen and oxygen atoms in total. The standard InChI is InChI=1S/C14H14FNO2/c1-9-7-11(15)3-6-14(9)18-12-4-5-13(10(2)17)16-8-12/h3-8,10,17H,1-2H3/t10-/m1/s1. The summed E-state index contributed by atoms with van der Waals surface area (Å²) in [6.07, 6.45) is 0.928. The van der Waals surface area contributed by atoms with Gasteiger partial charge >= 0.3 is 0 Å². The van der Waals surface area contributed by atoms with Crippen molar-refractivity contribution in [2.75, 3.05) is 0 Å². The third-order valence-electron chi connectivity index (χ3n) is 2.55. The van der Waals surface area contributed by atoms with E-state index in [1.165, 1.54) is 18.3 Å². The van der Waals surface area contributed by atoms with Crippen LogP contribution in [0.2, 0.25) is 0 Å². The lowest BCUT2D eigenvalue weighted by Gasteiger charge is -2.09. The third-order valence-corrected chi connectivity index (χ3v) is 2.55. The Kier molecular flexibility index (Phi) is 3.58. The molecule has 0 aliphatic carbocycles. The molecule has 0 aliphatic heterocycles. The number of aliphatic hydroxyl groups excluding tert-OH is 1. The number of rotatable bonds is 3. The number of hydrogen-bond acceptors (Lipinski definition) is 3. The van der Waals surface area contributed by atoms with Crippen LogP contribution in [0.15, 0.2) is 36.5 Å². The van der Waals surface area contributed by atoms with Gasteiger partial charge in [-0.15, -0.1) is 0 Å². The monoisotopic (exact) mass is 247 g/mol. The van der Waals surface area contributed by atoms with E-state index in [2.05, 4.69) is 4.98 Å². The molecule has 1 aromatic carbocycles. The van der Waals surface area contributed by atoms with Crippen LogP contribution in [0.1, 0.15) is 24.3 Å². The summed E-state index contributed by atoms with van der Waals surface area (Å²) in [6.45, 7) is 3.42. The van der Waals surface area contributed by atoms with Crippen LogP contribution >= 0.6 is 0 Å². The Morgan fingerprint density at radius 3 is 2.61 bits per heavy atom. The molecule has 0 bridgehead atoms. The van der Waals surface area contributed by atoms with Gasteiger partial charge in [0.25, 0.3) is 0 Å². The van der Waals surface area contributed by atoms with E-state index in [9.17, 15) is 9.50 Å². The molecule has 0 fully saturated rings. The molecule has 1 atom stereocenters. The molecule has 4 heteroatoms. The van der Waals surface area contributed by atoms with Gasteiger partial charge in [-0.3, -0.25) is 4.98 Å². The first-order valence-electron chi connectivity index (χ1n) is 5.64. The van der Waals surface area contributed by atoms with Crippen LogP contribution in [0.25, 0.3) is 0 Å². The van der Waals surface area contributed by atoms with Crippen LogP contribution < -0.4 is 4.74 Å². The van der Waals surface area contributed by atoms with E-state index < -0.39 is 6.10 Å². The molecule has 0 amide bonds. The fourth-order valence-corrected chi connectivity index (χ4v) is 1.55. The maximum Gasteiger partial charge on any atom is 0.145 e. The number of halogens is 1. The quantitative estimate of drug-likeness (QED) is 0.904. The minimum atomic E-state index is -0.605. The molecule has 0 spiro atoms. The Morgan fingerprint density at radius 2 is 2.06 bits per heavy atom. The summed E-state index contributed by atoms with van der Waals surface area (Å²) >= 11 is 0. The van der Waals surface area contributed by atoms with E-state index in [0.717, 1.165) is 5.56 Å². The normalized spacial score (nSPS) is 12.2. The van der Waals surface area contributed by atoms with Gasteiger partial charge in [0.1, 0.15) is 17.3 Å². The maximum absolute atomic E-state index is 12.9. The van der Waals surface area contributed by atoms with E-state index in [4.69, 9.17) is 4.74 Å². The van der Waals surface area contributed by atoms with Crippen molar-refractivity contribution < 1.29 is 14.2 Å². The molecule has 0 unspecified atom stereocenters. The molecule has 18 heavy (non-hydrogen) atoms. The Balaban J connectivity index is 2.18. The molecule has 2 aromatic rings. The molecule has 2 rings (SSSR count). The topological polar surface area (TPSA) is 42.4 Å². The van der Waals surface area contributed by atoms with Gasteiger partial charge in [0.15, 0.2) is 0 Å². The lowest BCUT2D eigenvalue weighted by Crippen LogP contribution is -1.95. The number of ether oxygens (including phenoxy) is 1. The average molecular weight is 247 g/mol. The van der Waals surface area contributed by atoms with E-state index in [-0.39, 0.29) is 5.82 Å². The molecule has 1 aromatic heterocycles. The molecule has 0 saturated heterocycles. The summed E-state index contributed by atoms with van der Waals surface area (Å²) in [5, 5.41) is 9.33. The number of pyridine rings is 1. The summed E-state index contributed by atoms with van der Waals surface area (Å²) in [5.41, 5.74) is 1.30. The predicted molar refractivity (Wildman–Crippen MR) is 66.1 cm³/mol. The van der Waals surface area contributed by atoms with Gasteiger partial charge in [-0.05, 0) is 49.7 Å². The molecular formula is C14H14FNO2. The molecule has 0 saturated carbocycles. The van der Waals surface area contributed by atoms with Gasteiger partial charge in [-0.25, -0.2) is 4.39 Å². The van der Waals surface area contributed by atoms with E-state index in [1.54, 1.807) is 32.0 Å². The highest BCUT2D eigenvalue weighted by Gasteiger charge is 2.05. The van der Waals surface area contributed by atoms with Crippen LogP contribution in [0.3, 0.4) is 0 Å². The smallest absolute Gasteiger partial charge is 0.145 e. The van der Waals surface area contributed by atoms with Crippen LogP contribution in [-0.2, 0) is 0 Å². The number of aromatic nitrogens is 1. The largest absolute Gasteiger partial charge is 0.455 e. The van der Waals surface area contributed by atoms with Crippen molar-refractivity contribution in [3.63, 3.8) is 0 Å². The van der Waals surface area contributed by atoms with Crippen molar-refractivity contribution in [3.05, 3.63) is 53.6 Å². The summed E-state index contributed by atoms with van der Waals surface area (Å²) in [6, 6.07) is 7.75. The number of hydrogen-bond donors (Lipinski definition) is 1. The Labute approximate surface area is 105 Å². The zero-order chi connectivity index (χ0) is 13.1. The van der Waals surface area contributed by atoms with Gasteiger partial charge in [-0.2, -0.15) is 0 Å². The summed E-state index contributed by atoms with van der Waals surface area (Å²) < 4.78 is 18.5. The zero-order valence-corrected chi connectivity index (χ0v) is 10.2. The minimum absolute atomic E-state index is 0.289. The fraction of sp³-hybridized carbons (Fsp3) is 0.214. The van der Waals surface area contributed by atoms with Gasteiger partial charge in [0.05, 0.1) is 18.0 Å². The second-order valence-corrected chi connectivity index (χ2v) is 4.11. The van der Waals surface area contributed by atoms with Crippen LogP contribution in [-0.4, -0.2) is 10.1 Å². The highest BCUT2D eigenvalue weighted by atomic mass is 19.1. The number of aryl methyl sites for hydroxylation is 1. The van der Waals surface area contributed by atoms with E-state index in [1.807, 2.05) is 0 Å². The Hall–Kier alpha value is -1.94. The molecule has 0 aliphatic rings. The number of nitrogens with zero attached hydrogens (tertiary/aromatic N) is 1. The average Bonchev–Trinajstić information content (AvgIpc) is 2.33. The molecule has 94 valence electrons. The van der Waals surface area contributed by atoms with Gasteiger partial charge in [-0.1, -0.05) is 0 Å². The zero-order valence-electron chi connectivity index (χ0n) is 10.2. The molecule has 1 N–H and O–H groups in total. The van der Waals surface area contributed by atoms with Crippen molar-refractivity contribution in [2.24, 2.45) is 0 Å². The molecule has 0 radical (unpaired) electrons. The summed E-state index contributed by atoms with van der Waals surface area (Å²) in [4.78, 5) is 4.07. The van der Waals surface area contributed by atoms with Crippen LogP contribution in [0.4, 0.5) is 4.39 Å². The first kappa shape index (κ1) is 12.5. The Bertz CT molecular complexity index is 538. The van der Waals surface area contributed by atoms with Gasteiger partial charge < -0.3 is 9.84 Å². The first-order chi connectivity index (χ1) is 8.56. The van der Waals surface area contributed by atoms with Crippen molar-refractivity contribution >= 4 is 0 Å². The van der Waals surface area contributed by atoms with Crippen molar-refractivity contribution in [1.29, 1.82) is 0 Å². The Morgan fingerprint density at radius 1 is 1.28 bits per heavy atom. The van der Waals surface area contributed by atoms with Crippen LogP contribution in [0, 0.1) is 12.7 Å². The van der Waals surface area contributed by atoms with Crippen molar-refractivity contribution in [2.45, 2.75) is 20.0 Å². The minimum Gasteiger partial charge on any atom is -0.455 e. The lowest BCUT2D eigenvalue weighted by molar-refractivity contribution is 0.194. The SMILES string of the molecule is Cc1cc(F)ccc1Oc1ccc([C@@H](C)O)nc1. The predicted octanol–water partition coefficient (Wildman–Crippen LogP) is 3.37. The second kappa shape index (κ2) is 5.14. The fourth-order valence-electron chi connectivity index (χ4n) is 1.55. The van der Waals surface area contributed by atoms with Crippen LogP contribution in [0.5, 0.6) is 11.5 Å². The summed E-state index contributed by atoms with van der Waals surface area (Å²) in [7, 11) is 0. The third kappa shape index (κ3) is 2.84. The highest BCUT2D eigenvalue weighted by Crippen LogP contribution is 2.25.